The summed E-state index contributed by atoms with van der Waals surface area (Å²) in [4.78, 5) is 22.5. The smallest absolute Gasteiger partial charge is 0.335 e. The van der Waals surface area contributed by atoms with E-state index in [1.54, 1.807) is 19.1 Å². The zero-order valence-electron chi connectivity index (χ0n) is 14.0. The van der Waals surface area contributed by atoms with E-state index in [-0.39, 0.29) is 11.5 Å². The third kappa shape index (κ3) is 7.10. The van der Waals surface area contributed by atoms with Gasteiger partial charge in [-0.25, -0.2) is 17.5 Å². The molecular weight excluding hydrogens is 332 g/mol. The summed E-state index contributed by atoms with van der Waals surface area (Å²) < 4.78 is 24.2. The van der Waals surface area contributed by atoms with Gasteiger partial charge in [-0.15, -0.1) is 0 Å². The summed E-state index contributed by atoms with van der Waals surface area (Å²) in [6.07, 6.45) is 2.55. The Morgan fingerprint density at radius 2 is 1.83 bits per heavy atom. The molecule has 24 heavy (non-hydrogen) atoms. The molecule has 8 heteroatoms. The van der Waals surface area contributed by atoms with E-state index in [9.17, 15) is 18.0 Å². The second-order valence-corrected chi connectivity index (χ2v) is 7.44. The Morgan fingerprint density at radius 1 is 1.21 bits per heavy atom. The number of aromatic carboxylic acids is 1. The second-order valence-electron chi connectivity index (χ2n) is 5.46. The highest BCUT2D eigenvalue weighted by atomic mass is 32.2. The van der Waals surface area contributed by atoms with Crippen molar-refractivity contribution in [2.75, 3.05) is 25.9 Å². The van der Waals surface area contributed by atoms with Crippen molar-refractivity contribution in [2.45, 2.75) is 26.2 Å². The van der Waals surface area contributed by atoms with Crippen LogP contribution in [0.5, 0.6) is 0 Å². The normalized spacial score (nSPS) is 11.5. The van der Waals surface area contributed by atoms with Crippen LogP contribution in [0.3, 0.4) is 0 Å². The standard InChI is InChI=1S/C16H24N2O5S/c1-3-18(24(2,22)23)12-4-11-17-15(19)10-7-13-5-8-14(9-6-13)16(20)21/h5-6,8-9H,3-4,7,10-12H2,1-2H3,(H,17,19)(H,20,21). The molecule has 1 amide bonds. The van der Waals surface area contributed by atoms with E-state index in [2.05, 4.69) is 5.32 Å². The molecule has 134 valence electrons. The quantitative estimate of drug-likeness (QED) is 0.611. The van der Waals surface area contributed by atoms with Crippen molar-refractivity contribution >= 4 is 21.9 Å². The van der Waals surface area contributed by atoms with E-state index in [0.29, 0.717) is 38.9 Å². The molecule has 0 aliphatic carbocycles. The molecule has 0 spiro atoms. The van der Waals surface area contributed by atoms with Crippen LogP contribution in [0.1, 0.15) is 35.7 Å². The van der Waals surface area contributed by atoms with Gasteiger partial charge in [-0.3, -0.25) is 4.79 Å². The van der Waals surface area contributed by atoms with Gasteiger partial charge in [0.15, 0.2) is 0 Å². The van der Waals surface area contributed by atoms with Crippen molar-refractivity contribution in [3.05, 3.63) is 35.4 Å². The average molecular weight is 356 g/mol. The van der Waals surface area contributed by atoms with Crippen molar-refractivity contribution in [1.82, 2.24) is 9.62 Å². The summed E-state index contributed by atoms with van der Waals surface area (Å²) in [7, 11) is -3.19. The molecule has 1 aromatic carbocycles. The average Bonchev–Trinajstić information content (AvgIpc) is 2.52. The van der Waals surface area contributed by atoms with E-state index >= 15 is 0 Å². The van der Waals surface area contributed by atoms with Gasteiger partial charge in [-0.2, -0.15) is 0 Å². The number of amides is 1. The minimum absolute atomic E-state index is 0.111. The topological polar surface area (TPSA) is 104 Å². The van der Waals surface area contributed by atoms with Crippen molar-refractivity contribution in [3.8, 4) is 0 Å². The first kappa shape index (κ1) is 20.1. The van der Waals surface area contributed by atoms with Crippen LogP contribution in [0.25, 0.3) is 0 Å². The molecule has 0 aliphatic heterocycles. The lowest BCUT2D eigenvalue weighted by Gasteiger charge is -2.17. The van der Waals surface area contributed by atoms with Crippen molar-refractivity contribution < 1.29 is 23.1 Å². The summed E-state index contributed by atoms with van der Waals surface area (Å²) in [5.41, 5.74) is 1.11. The summed E-state index contributed by atoms with van der Waals surface area (Å²) in [6, 6.07) is 6.42. The predicted molar refractivity (Wildman–Crippen MR) is 91.4 cm³/mol. The minimum Gasteiger partial charge on any atom is -0.478 e. The lowest BCUT2D eigenvalue weighted by atomic mass is 10.1. The van der Waals surface area contributed by atoms with Crippen LogP contribution in [-0.2, 0) is 21.2 Å². The molecule has 0 atom stereocenters. The van der Waals surface area contributed by atoms with Gasteiger partial charge in [0, 0.05) is 26.1 Å². The van der Waals surface area contributed by atoms with Gasteiger partial charge in [0.1, 0.15) is 0 Å². The third-order valence-corrected chi connectivity index (χ3v) is 4.95. The van der Waals surface area contributed by atoms with Gasteiger partial charge in [-0.1, -0.05) is 19.1 Å². The lowest BCUT2D eigenvalue weighted by molar-refractivity contribution is -0.121. The van der Waals surface area contributed by atoms with Gasteiger partial charge < -0.3 is 10.4 Å². The summed E-state index contributed by atoms with van der Waals surface area (Å²) >= 11 is 0. The van der Waals surface area contributed by atoms with E-state index in [0.717, 1.165) is 5.56 Å². The van der Waals surface area contributed by atoms with Crippen LogP contribution in [-0.4, -0.2) is 55.6 Å². The van der Waals surface area contributed by atoms with Crippen LogP contribution in [0, 0.1) is 0 Å². The molecule has 2 N–H and O–H groups in total. The molecule has 0 aliphatic rings. The van der Waals surface area contributed by atoms with E-state index in [4.69, 9.17) is 5.11 Å². The maximum atomic E-state index is 11.8. The number of sulfonamides is 1. The fourth-order valence-electron chi connectivity index (χ4n) is 2.20. The van der Waals surface area contributed by atoms with Crippen molar-refractivity contribution in [2.24, 2.45) is 0 Å². The number of carbonyl (C=O) groups is 2. The Balaban J connectivity index is 2.28. The molecule has 0 saturated heterocycles. The van der Waals surface area contributed by atoms with Gasteiger partial charge in [0.25, 0.3) is 0 Å². The van der Waals surface area contributed by atoms with E-state index in [1.807, 2.05) is 0 Å². The summed E-state index contributed by atoms with van der Waals surface area (Å²) in [5.74, 6) is -1.09. The molecular formula is C16H24N2O5S. The number of aryl methyl sites for hydroxylation is 1. The molecule has 0 saturated carbocycles. The Hall–Kier alpha value is -1.93. The molecule has 0 heterocycles. The molecule has 7 nitrogen and oxygen atoms in total. The second kappa shape index (κ2) is 9.39. The summed E-state index contributed by atoms with van der Waals surface area (Å²) in [5, 5.41) is 11.6. The number of nitrogens with zero attached hydrogens (tertiary/aromatic N) is 1. The molecule has 1 rings (SSSR count). The maximum Gasteiger partial charge on any atom is 0.335 e. The summed E-state index contributed by atoms with van der Waals surface area (Å²) in [6.45, 7) is 2.99. The zero-order chi connectivity index (χ0) is 18.2. The largest absolute Gasteiger partial charge is 0.478 e. The fourth-order valence-corrected chi connectivity index (χ4v) is 3.13. The first-order chi connectivity index (χ1) is 11.2. The number of hydrogen-bond donors (Lipinski definition) is 2. The van der Waals surface area contributed by atoms with Crippen LogP contribution < -0.4 is 5.32 Å². The molecule has 0 radical (unpaired) electrons. The molecule has 0 fully saturated rings. The lowest BCUT2D eigenvalue weighted by Crippen LogP contribution is -2.33. The SMILES string of the molecule is CCN(CCCNC(=O)CCc1ccc(C(=O)O)cc1)S(C)(=O)=O. The number of carbonyl (C=O) groups excluding carboxylic acids is 1. The van der Waals surface area contributed by atoms with Gasteiger partial charge in [0.05, 0.1) is 11.8 Å². The highest BCUT2D eigenvalue weighted by Crippen LogP contribution is 2.07. The molecule has 0 bridgehead atoms. The van der Waals surface area contributed by atoms with Crippen LogP contribution in [0.4, 0.5) is 0 Å². The minimum atomic E-state index is -3.19. The monoisotopic (exact) mass is 356 g/mol. The number of carboxylic acid groups (broad SMARTS) is 1. The fraction of sp³-hybridized carbons (Fsp3) is 0.500. The zero-order valence-corrected chi connectivity index (χ0v) is 14.8. The number of rotatable bonds is 10. The first-order valence-corrected chi connectivity index (χ1v) is 9.63. The van der Waals surface area contributed by atoms with Crippen molar-refractivity contribution in [3.63, 3.8) is 0 Å². The van der Waals surface area contributed by atoms with Crippen LogP contribution in [0.2, 0.25) is 0 Å². The van der Waals surface area contributed by atoms with Crippen LogP contribution in [0.15, 0.2) is 24.3 Å². The van der Waals surface area contributed by atoms with Gasteiger partial charge in [0.2, 0.25) is 15.9 Å². The Bertz CT molecular complexity index is 656. The Morgan fingerprint density at radius 3 is 2.33 bits per heavy atom. The number of hydrogen-bond acceptors (Lipinski definition) is 4. The van der Waals surface area contributed by atoms with Gasteiger partial charge in [-0.05, 0) is 30.5 Å². The number of nitrogens with one attached hydrogen (secondary N) is 1. The highest BCUT2D eigenvalue weighted by molar-refractivity contribution is 7.88. The van der Waals surface area contributed by atoms with E-state index in [1.165, 1.54) is 22.7 Å². The highest BCUT2D eigenvalue weighted by Gasteiger charge is 2.13. The van der Waals surface area contributed by atoms with E-state index < -0.39 is 16.0 Å². The Labute approximate surface area is 142 Å². The van der Waals surface area contributed by atoms with Crippen LogP contribution >= 0.6 is 0 Å². The molecule has 1 aromatic rings. The maximum absolute atomic E-state index is 11.8. The number of benzene rings is 1. The van der Waals surface area contributed by atoms with Gasteiger partial charge >= 0.3 is 5.97 Å². The number of carboxylic acids is 1. The Kier molecular flexibility index (Phi) is 7.87. The molecule has 0 aromatic heterocycles. The van der Waals surface area contributed by atoms with Crippen molar-refractivity contribution in [1.29, 1.82) is 0 Å². The first-order valence-electron chi connectivity index (χ1n) is 7.78. The third-order valence-electron chi connectivity index (χ3n) is 3.57. The predicted octanol–water partition coefficient (Wildman–Crippen LogP) is 1.11. The molecule has 0 unspecified atom stereocenters.